The molecule has 1 N–H and O–H groups in total. The van der Waals surface area contributed by atoms with Gasteiger partial charge in [-0.1, -0.05) is 6.92 Å². The molecule has 2 heteroatoms. The molecule has 0 amide bonds. The first-order valence-corrected chi connectivity index (χ1v) is 5.02. The van der Waals surface area contributed by atoms with Gasteiger partial charge in [0.25, 0.3) is 0 Å². The molecule has 0 aromatic heterocycles. The number of rotatable bonds is 4. The van der Waals surface area contributed by atoms with Crippen molar-refractivity contribution < 1.29 is 9.84 Å². The van der Waals surface area contributed by atoms with Crippen LogP contribution in [0, 0.1) is 13.8 Å². The third kappa shape index (κ3) is 2.48. The van der Waals surface area contributed by atoms with Crippen molar-refractivity contribution in [2.75, 3.05) is 6.61 Å². The van der Waals surface area contributed by atoms with Crippen molar-refractivity contribution in [2.24, 2.45) is 0 Å². The Hall–Kier alpha value is -1.02. The summed E-state index contributed by atoms with van der Waals surface area (Å²) in [4.78, 5) is 0. The summed E-state index contributed by atoms with van der Waals surface area (Å²) in [5.41, 5.74) is 3.20. The van der Waals surface area contributed by atoms with Gasteiger partial charge in [0.05, 0.1) is 13.2 Å². The first-order chi connectivity index (χ1) is 6.69. The van der Waals surface area contributed by atoms with Crippen LogP contribution >= 0.6 is 0 Å². The summed E-state index contributed by atoms with van der Waals surface area (Å²) in [5.74, 6) is 0.902. The van der Waals surface area contributed by atoms with E-state index >= 15 is 0 Å². The topological polar surface area (TPSA) is 29.5 Å². The van der Waals surface area contributed by atoms with Crippen LogP contribution in [0.15, 0.2) is 12.1 Å². The molecule has 0 radical (unpaired) electrons. The van der Waals surface area contributed by atoms with Crippen molar-refractivity contribution in [2.45, 2.75) is 33.8 Å². The van der Waals surface area contributed by atoms with E-state index in [9.17, 15) is 0 Å². The SMILES string of the molecule is CCCOc1cc(C)c(CO)c(C)c1. The lowest BCUT2D eigenvalue weighted by Crippen LogP contribution is -1.99. The Morgan fingerprint density at radius 1 is 1.21 bits per heavy atom. The zero-order valence-electron chi connectivity index (χ0n) is 9.13. The van der Waals surface area contributed by atoms with E-state index in [1.165, 1.54) is 0 Å². The quantitative estimate of drug-likeness (QED) is 0.798. The van der Waals surface area contributed by atoms with Gasteiger partial charge in [0.2, 0.25) is 0 Å². The summed E-state index contributed by atoms with van der Waals surface area (Å²) >= 11 is 0. The smallest absolute Gasteiger partial charge is 0.119 e. The van der Waals surface area contributed by atoms with Crippen LogP contribution in [-0.2, 0) is 6.61 Å². The predicted octanol–water partition coefficient (Wildman–Crippen LogP) is 2.58. The van der Waals surface area contributed by atoms with Crippen LogP contribution in [0.3, 0.4) is 0 Å². The van der Waals surface area contributed by atoms with Gasteiger partial charge in [-0.25, -0.2) is 0 Å². The van der Waals surface area contributed by atoms with Gasteiger partial charge < -0.3 is 9.84 Å². The molecular weight excluding hydrogens is 176 g/mol. The normalized spacial score (nSPS) is 10.3. The Balaban J connectivity index is 2.90. The number of aliphatic hydroxyl groups excluding tert-OH is 1. The maximum Gasteiger partial charge on any atom is 0.119 e. The number of hydrogen-bond donors (Lipinski definition) is 1. The monoisotopic (exact) mass is 194 g/mol. The van der Waals surface area contributed by atoms with Crippen LogP contribution in [0.1, 0.15) is 30.0 Å². The fraction of sp³-hybridized carbons (Fsp3) is 0.500. The molecule has 0 spiro atoms. The van der Waals surface area contributed by atoms with E-state index in [-0.39, 0.29) is 6.61 Å². The molecule has 0 unspecified atom stereocenters. The van der Waals surface area contributed by atoms with Crippen molar-refractivity contribution in [1.82, 2.24) is 0 Å². The fourth-order valence-electron chi connectivity index (χ4n) is 1.51. The van der Waals surface area contributed by atoms with Gasteiger partial charge in [-0.15, -0.1) is 0 Å². The minimum Gasteiger partial charge on any atom is -0.494 e. The van der Waals surface area contributed by atoms with Gasteiger partial charge in [-0.3, -0.25) is 0 Å². The maximum atomic E-state index is 9.13. The molecule has 0 aliphatic carbocycles. The van der Waals surface area contributed by atoms with Crippen LogP contribution in [0.5, 0.6) is 5.75 Å². The Morgan fingerprint density at radius 2 is 1.79 bits per heavy atom. The molecule has 78 valence electrons. The molecule has 2 nitrogen and oxygen atoms in total. The second kappa shape index (κ2) is 5.01. The van der Waals surface area contributed by atoms with E-state index in [2.05, 4.69) is 6.92 Å². The second-order valence-electron chi connectivity index (χ2n) is 3.54. The third-order valence-corrected chi connectivity index (χ3v) is 2.30. The minimum absolute atomic E-state index is 0.103. The average molecular weight is 194 g/mol. The highest BCUT2D eigenvalue weighted by atomic mass is 16.5. The van der Waals surface area contributed by atoms with E-state index in [1.54, 1.807) is 0 Å². The van der Waals surface area contributed by atoms with Crippen LogP contribution in [0.2, 0.25) is 0 Å². The molecule has 0 heterocycles. The predicted molar refractivity (Wildman–Crippen MR) is 57.6 cm³/mol. The number of hydrogen-bond acceptors (Lipinski definition) is 2. The summed E-state index contributed by atoms with van der Waals surface area (Å²) < 4.78 is 5.53. The molecule has 1 aromatic carbocycles. The minimum atomic E-state index is 0.103. The highest BCUT2D eigenvalue weighted by Gasteiger charge is 2.04. The van der Waals surface area contributed by atoms with Crippen LogP contribution < -0.4 is 4.74 Å². The number of benzene rings is 1. The summed E-state index contributed by atoms with van der Waals surface area (Å²) in [6.45, 7) is 6.93. The van der Waals surface area contributed by atoms with Crippen LogP contribution in [0.4, 0.5) is 0 Å². The summed E-state index contributed by atoms with van der Waals surface area (Å²) in [6.07, 6.45) is 1.01. The molecule has 1 aromatic rings. The standard InChI is InChI=1S/C12H18O2/c1-4-5-14-11-6-9(2)12(8-13)10(3)7-11/h6-7,13H,4-5,8H2,1-3H3. The van der Waals surface area contributed by atoms with Crippen LogP contribution in [-0.4, -0.2) is 11.7 Å². The third-order valence-electron chi connectivity index (χ3n) is 2.30. The van der Waals surface area contributed by atoms with Crippen LogP contribution in [0.25, 0.3) is 0 Å². The van der Waals surface area contributed by atoms with E-state index in [0.717, 1.165) is 35.5 Å². The van der Waals surface area contributed by atoms with Gasteiger partial charge in [-0.05, 0) is 49.1 Å². The Morgan fingerprint density at radius 3 is 2.21 bits per heavy atom. The summed E-state index contributed by atoms with van der Waals surface area (Å²) in [5, 5.41) is 9.13. The van der Waals surface area contributed by atoms with Gasteiger partial charge in [0, 0.05) is 0 Å². The highest BCUT2D eigenvalue weighted by molar-refractivity contribution is 5.40. The van der Waals surface area contributed by atoms with E-state index in [1.807, 2.05) is 26.0 Å². The van der Waals surface area contributed by atoms with E-state index in [0.29, 0.717) is 0 Å². The second-order valence-corrected chi connectivity index (χ2v) is 3.54. The molecule has 0 bridgehead atoms. The Labute approximate surface area is 85.5 Å². The lowest BCUT2D eigenvalue weighted by Gasteiger charge is -2.11. The first-order valence-electron chi connectivity index (χ1n) is 5.02. The lowest BCUT2D eigenvalue weighted by molar-refractivity contribution is 0.279. The largest absolute Gasteiger partial charge is 0.494 e. The molecule has 14 heavy (non-hydrogen) atoms. The molecule has 0 aliphatic rings. The average Bonchev–Trinajstić information content (AvgIpc) is 2.14. The summed E-state index contributed by atoms with van der Waals surface area (Å²) in [6, 6.07) is 3.96. The van der Waals surface area contributed by atoms with Crippen molar-refractivity contribution in [3.63, 3.8) is 0 Å². The summed E-state index contributed by atoms with van der Waals surface area (Å²) in [7, 11) is 0. The molecule has 0 saturated heterocycles. The number of ether oxygens (including phenoxy) is 1. The van der Waals surface area contributed by atoms with Crippen molar-refractivity contribution in [1.29, 1.82) is 0 Å². The number of aryl methyl sites for hydroxylation is 2. The molecular formula is C12H18O2. The van der Waals surface area contributed by atoms with Crippen molar-refractivity contribution in [3.05, 3.63) is 28.8 Å². The molecule has 0 aliphatic heterocycles. The fourth-order valence-corrected chi connectivity index (χ4v) is 1.51. The van der Waals surface area contributed by atoms with Gasteiger partial charge in [-0.2, -0.15) is 0 Å². The van der Waals surface area contributed by atoms with E-state index < -0.39 is 0 Å². The molecule has 0 fully saturated rings. The Bertz CT molecular complexity index is 282. The zero-order valence-corrected chi connectivity index (χ0v) is 9.13. The zero-order chi connectivity index (χ0) is 10.6. The van der Waals surface area contributed by atoms with Gasteiger partial charge in [0.1, 0.15) is 5.75 Å². The van der Waals surface area contributed by atoms with Crippen molar-refractivity contribution >= 4 is 0 Å². The molecule has 0 atom stereocenters. The van der Waals surface area contributed by atoms with Gasteiger partial charge >= 0.3 is 0 Å². The molecule has 0 saturated carbocycles. The first kappa shape index (κ1) is 11.1. The Kier molecular flexibility index (Phi) is 3.96. The maximum absolute atomic E-state index is 9.13. The number of aliphatic hydroxyl groups is 1. The van der Waals surface area contributed by atoms with Gasteiger partial charge in [0.15, 0.2) is 0 Å². The van der Waals surface area contributed by atoms with E-state index in [4.69, 9.17) is 9.84 Å². The molecule has 1 rings (SSSR count). The lowest BCUT2D eigenvalue weighted by atomic mass is 10.0. The highest BCUT2D eigenvalue weighted by Crippen LogP contribution is 2.21. The van der Waals surface area contributed by atoms with Crippen molar-refractivity contribution in [3.8, 4) is 5.75 Å².